The normalized spacial score (nSPS) is 10.9. The molecule has 0 atom stereocenters. The van der Waals surface area contributed by atoms with Gasteiger partial charge in [0.2, 0.25) is 0 Å². The summed E-state index contributed by atoms with van der Waals surface area (Å²) in [6.45, 7) is 6.25. The minimum Gasteiger partial charge on any atom is -0.261 e. The molecule has 0 aliphatic carbocycles. The Labute approximate surface area is 74.2 Å². The van der Waals surface area contributed by atoms with E-state index < -0.39 is 0 Å². The summed E-state index contributed by atoms with van der Waals surface area (Å²) in [7, 11) is 0. The molecular weight excluding hydrogens is 146 g/mol. The first-order chi connectivity index (χ1) is 5.74. The van der Waals surface area contributed by atoms with Crippen LogP contribution < -0.4 is 0 Å². The van der Waals surface area contributed by atoms with Gasteiger partial charge in [-0.05, 0) is 37.5 Å². The summed E-state index contributed by atoms with van der Waals surface area (Å²) in [6.07, 6.45) is 7.24. The van der Waals surface area contributed by atoms with Crippen LogP contribution in [0, 0.1) is 13.8 Å². The average molecular weight is 161 g/mol. The van der Waals surface area contributed by atoms with Crippen molar-refractivity contribution in [3.8, 4) is 0 Å². The minimum absolute atomic E-state index is 1.08. The molecule has 0 fully saturated rings. The Balaban J connectivity index is 2.89. The smallest absolute Gasteiger partial charge is 0.0402 e. The summed E-state index contributed by atoms with van der Waals surface area (Å²) < 4.78 is 0. The molecule has 0 aromatic carbocycles. The molecule has 0 radical (unpaired) electrons. The Morgan fingerprint density at radius 3 is 2.75 bits per heavy atom. The van der Waals surface area contributed by atoms with Gasteiger partial charge in [0.1, 0.15) is 0 Å². The van der Waals surface area contributed by atoms with E-state index in [0.29, 0.717) is 0 Å². The van der Waals surface area contributed by atoms with E-state index in [0.717, 1.165) is 12.1 Å². The van der Waals surface area contributed by atoms with Crippen molar-refractivity contribution in [1.82, 2.24) is 4.98 Å². The second kappa shape index (κ2) is 4.05. The Morgan fingerprint density at radius 2 is 2.17 bits per heavy atom. The topological polar surface area (TPSA) is 12.9 Å². The number of aromatic nitrogens is 1. The molecule has 0 N–H and O–H groups in total. The third-order valence-corrected chi connectivity index (χ3v) is 1.91. The zero-order chi connectivity index (χ0) is 8.97. The van der Waals surface area contributed by atoms with Crippen LogP contribution in [0.15, 0.2) is 18.3 Å². The first kappa shape index (κ1) is 8.98. The standard InChI is InChI=1S/C11H15N/c1-4-5-6-11-7-9(2)10(3)12-8-11/h5-8H,4H2,1-3H3/b6-5-. The van der Waals surface area contributed by atoms with Crippen LogP contribution in [-0.2, 0) is 0 Å². The molecule has 1 heteroatoms. The van der Waals surface area contributed by atoms with E-state index in [1.165, 1.54) is 11.1 Å². The molecule has 64 valence electrons. The predicted molar refractivity (Wildman–Crippen MR) is 53.0 cm³/mol. The van der Waals surface area contributed by atoms with Gasteiger partial charge in [-0.1, -0.05) is 19.1 Å². The molecule has 0 saturated carbocycles. The Kier molecular flexibility index (Phi) is 3.03. The number of pyridine rings is 1. The predicted octanol–water partition coefficient (Wildman–Crippen LogP) is 3.12. The summed E-state index contributed by atoms with van der Waals surface area (Å²) in [5.41, 5.74) is 3.57. The van der Waals surface area contributed by atoms with Gasteiger partial charge in [-0.3, -0.25) is 4.98 Å². The second-order valence-electron chi connectivity index (χ2n) is 2.98. The number of rotatable bonds is 2. The molecule has 0 unspecified atom stereocenters. The van der Waals surface area contributed by atoms with Gasteiger partial charge >= 0.3 is 0 Å². The molecule has 1 aromatic rings. The van der Waals surface area contributed by atoms with Crippen LogP contribution in [0.25, 0.3) is 6.08 Å². The van der Waals surface area contributed by atoms with Gasteiger partial charge in [0.15, 0.2) is 0 Å². The molecular formula is C11H15N. The van der Waals surface area contributed by atoms with E-state index in [1.807, 2.05) is 13.1 Å². The van der Waals surface area contributed by atoms with Crippen molar-refractivity contribution in [2.75, 3.05) is 0 Å². The van der Waals surface area contributed by atoms with Gasteiger partial charge in [0.05, 0.1) is 0 Å². The molecule has 0 amide bonds. The van der Waals surface area contributed by atoms with Crippen LogP contribution in [0.4, 0.5) is 0 Å². The van der Waals surface area contributed by atoms with Crippen molar-refractivity contribution in [3.05, 3.63) is 35.2 Å². The van der Waals surface area contributed by atoms with Crippen LogP contribution in [-0.4, -0.2) is 4.98 Å². The number of allylic oxidation sites excluding steroid dienone is 1. The Morgan fingerprint density at radius 1 is 1.42 bits per heavy atom. The lowest BCUT2D eigenvalue weighted by molar-refractivity contribution is 1.14. The van der Waals surface area contributed by atoms with Crippen LogP contribution in [0.2, 0.25) is 0 Å². The van der Waals surface area contributed by atoms with Crippen molar-refractivity contribution in [2.24, 2.45) is 0 Å². The van der Waals surface area contributed by atoms with Crippen molar-refractivity contribution < 1.29 is 0 Å². The SMILES string of the molecule is CC/C=C\c1cnc(C)c(C)c1. The molecule has 1 nitrogen and oxygen atoms in total. The van der Waals surface area contributed by atoms with Gasteiger partial charge in [0.25, 0.3) is 0 Å². The summed E-state index contributed by atoms with van der Waals surface area (Å²) in [4.78, 5) is 4.28. The first-order valence-corrected chi connectivity index (χ1v) is 4.34. The quantitative estimate of drug-likeness (QED) is 0.649. The van der Waals surface area contributed by atoms with Crippen molar-refractivity contribution >= 4 is 6.08 Å². The minimum atomic E-state index is 1.08. The molecule has 1 heterocycles. The van der Waals surface area contributed by atoms with E-state index >= 15 is 0 Å². The molecule has 0 aliphatic rings. The zero-order valence-corrected chi connectivity index (χ0v) is 7.96. The van der Waals surface area contributed by atoms with Crippen molar-refractivity contribution in [1.29, 1.82) is 0 Å². The summed E-state index contributed by atoms with van der Waals surface area (Å²) >= 11 is 0. The number of aryl methyl sites for hydroxylation is 2. The zero-order valence-electron chi connectivity index (χ0n) is 7.96. The highest BCUT2D eigenvalue weighted by Crippen LogP contribution is 2.07. The molecule has 0 saturated heterocycles. The highest BCUT2D eigenvalue weighted by molar-refractivity contribution is 5.49. The van der Waals surface area contributed by atoms with Gasteiger partial charge in [-0.2, -0.15) is 0 Å². The first-order valence-electron chi connectivity index (χ1n) is 4.34. The van der Waals surface area contributed by atoms with Crippen LogP contribution in [0.1, 0.15) is 30.2 Å². The third kappa shape index (κ3) is 2.19. The van der Waals surface area contributed by atoms with Crippen LogP contribution >= 0.6 is 0 Å². The van der Waals surface area contributed by atoms with Crippen molar-refractivity contribution in [3.63, 3.8) is 0 Å². The number of hydrogen-bond acceptors (Lipinski definition) is 1. The lowest BCUT2D eigenvalue weighted by Gasteiger charge is -1.99. The highest BCUT2D eigenvalue weighted by Gasteiger charge is 1.92. The van der Waals surface area contributed by atoms with E-state index in [2.05, 4.69) is 37.0 Å². The Hall–Kier alpha value is -1.11. The van der Waals surface area contributed by atoms with Gasteiger partial charge in [0, 0.05) is 11.9 Å². The lowest BCUT2D eigenvalue weighted by Crippen LogP contribution is -1.86. The maximum Gasteiger partial charge on any atom is 0.0402 e. The fourth-order valence-electron chi connectivity index (χ4n) is 1.01. The van der Waals surface area contributed by atoms with Crippen LogP contribution in [0.5, 0.6) is 0 Å². The summed E-state index contributed by atoms with van der Waals surface area (Å²) in [5, 5.41) is 0. The maximum atomic E-state index is 4.28. The number of nitrogens with zero attached hydrogens (tertiary/aromatic N) is 1. The van der Waals surface area contributed by atoms with E-state index in [9.17, 15) is 0 Å². The summed E-state index contributed by atoms with van der Waals surface area (Å²) in [5.74, 6) is 0. The average Bonchev–Trinajstić information content (AvgIpc) is 2.07. The fourth-order valence-corrected chi connectivity index (χ4v) is 1.01. The fraction of sp³-hybridized carbons (Fsp3) is 0.364. The number of hydrogen-bond donors (Lipinski definition) is 0. The molecule has 0 bridgehead atoms. The molecule has 1 aromatic heterocycles. The van der Waals surface area contributed by atoms with E-state index in [4.69, 9.17) is 0 Å². The third-order valence-electron chi connectivity index (χ3n) is 1.91. The van der Waals surface area contributed by atoms with E-state index in [-0.39, 0.29) is 0 Å². The Bertz CT molecular complexity index is 287. The molecule has 0 spiro atoms. The lowest BCUT2D eigenvalue weighted by atomic mass is 10.1. The summed E-state index contributed by atoms with van der Waals surface area (Å²) in [6, 6.07) is 2.16. The van der Waals surface area contributed by atoms with Crippen LogP contribution in [0.3, 0.4) is 0 Å². The van der Waals surface area contributed by atoms with Crippen molar-refractivity contribution in [2.45, 2.75) is 27.2 Å². The van der Waals surface area contributed by atoms with Gasteiger partial charge < -0.3 is 0 Å². The maximum absolute atomic E-state index is 4.28. The largest absolute Gasteiger partial charge is 0.261 e. The van der Waals surface area contributed by atoms with E-state index in [1.54, 1.807) is 0 Å². The van der Waals surface area contributed by atoms with Gasteiger partial charge in [-0.25, -0.2) is 0 Å². The second-order valence-corrected chi connectivity index (χ2v) is 2.98. The highest BCUT2D eigenvalue weighted by atomic mass is 14.7. The molecule has 1 rings (SSSR count). The van der Waals surface area contributed by atoms with Gasteiger partial charge in [-0.15, -0.1) is 0 Å². The molecule has 0 aliphatic heterocycles. The molecule has 12 heavy (non-hydrogen) atoms. The monoisotopic (exact) mass is 161 g/mol.